The molecule has 0 radical (unpaired) electrons. The van der Waals surface area contributed by atoms with Crippen molar-refractivity contribution in [2.24, 2.45) is 4.99 Å². The van der Waals surface area contributed by atoms with Gasteiger partial charge in [-0.15, -0.1) is 6.58 Å². The maximum Gasteiger partial charge on any atom is 0.191 e. The molecule has 1 aromatic rings. The molecule has 0 spiro atoms. The number of guanidine groups is 1. The highest BCUT2D eigenvalue weighted by molar-refractivity contribution is 5.80. The smallest absolute Gasteiger partial charge is 0.191 e. The third-order valence-corrected chi connectivity index (χ3v) is 5.77. The van der Waals surface area contributed by atoms with Gasteiger partial charge in [0.25, 0.3) is 0 Å². The van der Waals surface area contributed by atoms with E-state index in [1.807, 2.05) is 13.1 Å². The van der Waals surface area contributed by atoms with E-state index in [4.69, 9.17) is 0 Å². The Morgan fingerprint density at radius 2 is 1.96 bits per heavy atom. The molecule has 1 atom stereocenters. The third-order valence-electron chi connectivity index (χ3n) is 5.77. The highest BCUT2D eigenvalue weighted by Crippen LogP contribution is 2.19. The monoisotopic (exact) mass is 369 g/mol. The van der Waals surface area contributed by atoms with Crippen molar-refractivity contribution in [1.82, 2.24) is 20.4 Å². The van der Waals surface area contributed by atoms with Gasteiger partial charge < -0.3 is 10.6 Å². The first-order valence-electron chi connectivity index (χ1n) is 10.4. The Labute approximate surface area is 164 Å². The third kappa shape index (κ3) is 6.08. The molecule has 27 heavy (non-hydrogen) atoms. The number of aliphatic imine (C=N–C) groups is 1. The summed E-state index contributed by atoms with van der Waals surface area (Å²) in [6.45, 7) is 10.3. The van der Waals surface area contributed by atoms with Crippen LogP contribution < -0.4 is 10.6 Å². The lowest BCUT2D eigenvalue weighted by atomic mass is 10.1. The average molecular weight is 370 g/mol. The summed E-state index contributed by atoms with van der Waals surface area (Å²) in [6, 6.07) is 11.9. The fraction of sp³-hybridized carbons (Fsp3) is 0.591. The van der Waals surface area contributed by atoms with Crippen LogP contribution in [0.5, 0.6) is 0 Å². The van der Waals surface area contributed by atoms with Crippen LogP contribution in [-0.4, -0.2) is 67.6 Å². The molecule has 0 aromatic heterocycles. The molecule has 3 rings (SSSR count). The molecule has 2 N–H and O–H groups in total. The molecule has 5 nitrogen and oxygen atoms in total. The second kappa shape index (κ2) is 10.5. The molecule has 2 aliphatic heterocycles. The van der Waals surface area contributed by atoms with Crippen molar-refractivity contribution >= 4 is 5.96 Å². The molecule has 148 valence electrons. The predicted molar refractivity (Wildman–Crippen MR) is 114 cm³/mol. The van der Waals surface area contributed by atoms with E-state index in [2.05, 4.69) is 62.3 Å². The fourth-order valence-corrected chi connectivity index (χ4v) is 4.20. The first-order chi connectivity index (χ1) is 13.3. The lowest BCUT2D eigenvalue weighted by molar-refractivity contribution is 0.224. The van der Waals surface area contributed by atoms with Crippen molar-refractivity contribution in [2.45, 2.75) is 44.3 Å². The molecule has 1 unspecified atom stereocenters. The van der Waals surface area contributed by atoms with Crippen LogP contribution in [-0.2, 0) is 6.54 Å². The molecule has 0 aliphatic carbocycles. The van der Waals surface area contributed by atoms with Gasteiger partial charge in [-0.1, -0.05) is 36.4 Å². The summed E-state index contributed by atoms with van der Waals surface area (Å²) in [5.41, 5.74) is 1.40. The molecule has 2 aliphatic rings. The normalized spacial score (nSPS) is 22.7. The number of nitrogens with one attached hydrogen (secondary N) is 2. The zero-order chi connectivity index (χ0) is 18.9. The zero-order valence-corrected chi connectivity index (χ0v) is 16.7. The van der Waals surface area contributed by atoms with Crippen molar-refractivity contribution in [2.75, 3.05) is 39.8 Å². The summed E-state index contributed by atoms with van der Waals surface area (Å²) in [6.07, 6.45) is 6.87. The molecular formula is C22H35N5. The number of likely N-dealkylation sites (tertiary alicyclic amines) is 2. The summed E-state index contributed by atoms with van der Waals surface area (Å²) in [4.78, 5) is 9.51. The van der Waals surface area contributed by atoms with E-state index in [9.17, 15) is 0 Å². The SMILES string of the molecule is C=CCN1CCC(NC(=NC)NCC2CCCN2Cc2ccccc2)CC1. The van der Waals surface area contributed by atoms with E-state index in [0.717, 1.165) is 51.5 Å². The van der Waals surface area contributed by atoms with Crippen molar-refractivity contribution in [3.05, 3.63) is 48.6 Å². The number of nitrogens with zero attached hydrogens (tertiary/aromatic N) is 3. The second-order valence-corrected chi connectivity index (χ2v) is 7.71. The molecular weight excluding hydrogens is 334 g/mol. The standard InChI is InChI=1S/C22H35N5/c1-3-13-26-15-11-20(12-16-26)25-22(23-2)24-17-21-10-7-14-27(21)18-19-8-5-4-6-9-19/h3-6,8-9,20-21H,1,7,10-18H2,2H3,(H2,23,24,25). The largest absolute Gasteiger partial charge is 0.355 e. The summed E-state index contributed by atoms with van der Waals surface area (Å²) in [5.74, 6) is 0.948. The van der Waals surface area contributed by atoms with Crippen molar-refractivity contribution in [1.29, 1.82) is 0 Å². The number of hydrogen-bond donors (Lipinski definition) is 2. The van der Waals surface area contributed by atoms with E-state index >= 15 is 0 Å². The Balaban J connectivity index is 1.43. The second-order valence-electron chi connectivity index (χ2n) is 7.71. The van der Waals surface area contributed by atoms with Crippen LogP contribution in [0, 0.1) is 0 Å². The van der Waals surface area contributed by atoms with Crippen LogP contribution in [0.4, 0.5) is 0 Å². The van der Waals surface area contributed by atoms with Gasteiger partial charge in [0.05, 0.1) is 0 Å². The molecule has 0 saturated carbocycles. The van der Waals surface area contributed by atoms with Gasteiger partial charge in [-0.3, -0.25) is 14.8 Å². The quantitative estimate of drug-likeness (QED) is 0.440. The van der Waals surface area contributed by atoms with Crippen molar-refractivity contribution in [3.63, 3.8) is 0 Å². The van der Waals surface area contributed by atoms with E-state index in [1.54, 1.807) is 0 Å². The first kappa shape index (κ1) is 19.9. The van der Waals surface area contributed by atoms with E-state index in [0.29, 0.717) is 12.1 Å². The van der Waals surface area contributed by atoms with Gasteiger partial charge in [-0.05, 0) is 37.8 Å². The zero-order valence-electron chi connectivity index (χ0n) is 16.7. The van der Waals surface area contributed by atoms with Crippen LogP contribution >= 0.6 is 0 Å². The van der Waals surface area contributed by atoms with Gasteiger partial charge in [-0.25, -0.2) is 0 Å². The lowest BCUT2D eigenvalue weighted by Gasteiger charge is -2.32. The first-order valence-corrected chi connectivity index (χ1v) is 10.4. The maximum absolute atomic E-state index is 4.45. The van der Waals surface area contributed by atoms with E-state index in [1.165, 1.54) is 24.9 Å². The summed E-state index contributed by atoms with van der Waals surface area (Å²) < 4.78 is 0. The van der Waals surface area contributed by atoms with Gasteiger partial charge >= 0.3 is 0 Å². The summed E-state index contributed by atoms with van der Waals surface area (Å²) >= 11 is 0. The molecule has 2 saturated heterocycles. The van der Waals surface area contributed by atoms with E-state index < -0.39 is 0 Å². The van der Waals surface area contributed by atoms with Gasteiger partial charge in [0.1, 0.15) is 0 Å². The number of hydrogen-bond acceptors (Lipinski definition) is 3. The topological polar surface area (TPSA) is 42.9 Å². The minimum atomic E-state index is 0.515. The van der Waals surface area contributed by atoms with Crippen molar-refractivity contribution < 1.29 is 0 Å². The minimum absolute atomic E-state index is 0.515. The summed E-state index contributed by atoms with van der Waals surface area (Å²) in [5, 5.41) is 7.20. The molecule has 1 aromatic carbocycles. The Morgan fingerprint density at radius 1 is 1.19 bits per heavy atom. The Hall–Kier alpha value is -1.85. The summed E-state index contributed by atoms with van der Waals surface area (Å²) in [7, 11) is 1.87. The molecule has 2 heterocycles. The van der Waals surface area contributed by atoms with Crippen molar-refractivity contribution in [3.8, 4) is 0 Å². The van der Waals surface area contributed by atoms with Gasteiger partial charge in [0.15, 0.2) is 5.96 Å². The van der Waals surface area contributed by atoms with Gasteiger partial charge in [0.2, 0.25) is 0 Å². The van der Waals surface area contributed by atoms with Crippen LogP contribution in [0.1, 0.15) is 31.2 Å². The molecule has 0 bridgehead atoms. The number of benzene rings is 1. The Bertz CT molecular complexity index is 592. The van der Waals surface area contributed by atoms with E-state index in [-0.39, 0.29) is 0 Å². The van der Waals surface area contributed by atoms with Crippen LogP contribution in [0.3, 0.4) is 0 Å². The highest BCUT2D eigenvalue weighted by atomic mass is 15.2. The number of piperidine rings is 1. The van der Waals surface area contributed by atoms with Crippen LogP contribution in [0.15, 0.2) is 48.0 Å². The van der Waals surface area contributed by atoms with Gasteiger partial charge in [0, 0.05) is 51.9 Å². The number of rotatable bonds is 7. The molecule has 2 fully saturated rings. The maximum atomic E-state index is 4.45. The van der Waals surface area contributed by atoms with Crippen LogP contribution in [0.25, 0.3) is 0 Å². The molecule has 0 amide bonds. The van der Waals surface area contributed by atoms with Crippen LogP contribution in [0.2, 0.25) is 0 Å². The minimum Gasteiger partial charge on any atom is -0.355 e. The predicted octanol–water partition coefficient (Wildman–Crippen LogP) is 2.47. The fourth-order valence-electron chi connectivity index (χ4n) is 4.20. The van der Waals surface area contributed by atoms with Gasteiger partial charge in [-0.2, -0.15) is 0 Å². The lowest BCUT2D eigenvalue weighted by Crippen LogP contribution is -2.50. The molecule has 5 heteroatoms. The Morgan fingerprint density at radius 3 is 2.67 bits per heavy atom. The Kier molecular flexibility index (Phi) is 7.72. The highest BCUT2D eigenvalue weighted by Gasteiger charge is 2.25. The average Bonchev–Trinajstić information content (AvgIpc) is 3.14.